The van der Waals surface area contributed by atoms with Gasteiger partial charge < -0.3 is 14.2 Å². The Morgan fingerprint density at radius 2 is 0.422 bits per heavy atom. The number of hydrogen-bond acceptors (Lipinski definition) is 6. The molecule has 0 aliphatic heterocycles. The standard InChI is InChI=1S/C58H112O6/c1-4-7-10-13-16-19-22-24-26-28-29-31-33-35-37-40-43-46-49-52-58(61)64-55(53-62-56(59)50-47-44-41-38-21-18-15-12-9-6-3)54-63-57(60)51-48-45-42-39-36-34-32-30-27-25-23-20-17-14-11-8-5-2/h55H,4-54H2,1-3H3/t55-/m1/s1. The second-order valence-corrected chi connectivity index (χ2v) is 19.9. The quantitative estimate of drug-likeness (QED) is 0.0344. The monoisotopic (exact) mass is 905 g/mol. The Balaban J connectivity index is 4.22. The van der Waals surface area contributed by atoms with Crippen LogP contribution in [0.5, 0.6) is 0 Å². The molecule has 0 aliphatic rings. The van der Waals surface area contributed by atoms with E-state index in [0.29, 0.717) is 19.3 Å². The number of carbonyl (C=O) groups is 3. The Kier molecular flexibility index (Phi) is 52.7. The number of unbranched alkanes of at least 4 members (excludes halogenated alkanes) is 43. The molecule has 0 fully saturated rings. The maximum absolute atomic E-state index is 12.8. The summed E-state index contributed by atoms with van der Waals surface area (Å²) in [5.74, 6) is -0.835. The van der Waals surface area contributed by atoms with Crippen LogP contribution in [0.1, 0.15) is 335 Å². The molecule has 0 spiro atoms. The van der Waals surface area contributed by atoms with E-state index >= 15 is 0 Å². The third kappa shape index (κ3) is 51.4. The van der Waals surface area contributed by atoms with E-state index < -0.39 is 6.10 Å². The average molecular weight is 906 g/mol. The second-order valence-electron chi connectivity index (χ2n) is 19.9. The first kappa shape index (κ1) is 62.4. The predicted molar refractivity (Wildman–Crippen MR) is 275 cm³/mol. The molecule has 0 aromatic rings. The minimum Gasteiger partial charge on any atom is -0.462 e. The Morgan fingerprint density at radius 1 is 0.250 bits per heavy atom. The van der Waals surface area contributed by atoms with Gasteiger partial charge in [-0.15, -0.1) is 0 Å². The molecule has 1 atom stereocenters. The lowest BCUT2D eigenvalue weighted by molar-refractivity contribution is -0.167. The van der Waals surface area contributed by atoms with Crippen LogP contribution in [0.25, 0.3) is 0 Å². The summed E-state index contributed by atoms with van der Waals surface area (Å²) < 4.78 is 16.9. The zero-order valence-electron chi connectivity index (χ0n) is 43.6. The highest BCUT2D eigenvalue weighted by Gasteiger charge is 2.19. The van der Waals surface area contributed by atoms with Crippen LogP contribution in [0.2, 0.25) is 0 Å². The second kappa shape index (κ2) is 54.0. The fourth-order valence-corrected chi connectivity index (χ4v) is 8.98. The first-order valence-electron chi connectivity index (χ1n) is 29.0. The van der Waals surface area contributed by atoms with Gasteiger partial charge in [0.1, 0.15) is 13.2 Å². The molecule has 0 heterocycles. The highest BCUT2D eigenvalue weighted by atomic mass is 16.6. The Hall–Kier alpha value is -1.59. The van der Waals surface area contributed by atoms with Gasteiger partial charge in [-0.1, -0.05) is 297 Å². The fourth-order valence-electron chi connectivity index (χ4n) is 8.98. The molecule has 0 unspecified atom stereocenters. The summed E-state index contributed by atoms with van der Waals surface area (Å²) in [6.45, 7) is 6.70. The van der Waals surface area contributed by atoms with E-state index in [1.807, 2.05) is 0 Å². The van der Waals surface area contributed by atoms with E-state index in [1.165, 1.54) is 238 Å². The topological polar surface area (TPSA) is 78.9 Å². The van der Waals surface area contributed by atoms with Crippen molar-refractivity contribution < 1.29 is 28.6 Å². The van der Waals surface area contributed by atoms with Crippen LogP contribution in [-0.4, -0.2) is 37.2 Å². The fraction of sp³-hybridized carbons (Fsp3) is 0.948. The third-order valence-electron chi connectivity index (χ3n) is 13.4. The van der Waals surface area contributed by atoms with Gasteiger partial charge in [0.05, 0.1) is 0 Å². The molecular weight excluding hydrogens is 793 g/mol. The molecule has 6 nitrogen and oxygen atoms in total. The molecule has 380 valence electrons. The van der Waals surface area contributed by atoms with E-state index in [0.717, 1.165) is 57.8 Å². The number of rotatable bonds is 54. The van der Waals surface area contributed by atoms with Crippen LogP contribution >= 0.6 is 0 Å². The Bertz CT molecular complexity index is 951. The molecule has 0 saturated heterocycles. The van der Waals surface area contributed by atoms with Crippen molar-refractivity contribution in [3.8, 4) is 0 Å². The van der Waals surface area contributed by atoms with Gasteiger partial charge in [-0.25, -0.2) is 0 Å². The summed E-state index contributed by atoms with van der Waals surface area (Å²) in [5.41, 5.74) is 0. The van der Waals surface area contributed by atoms with Crippen molar-refractivity contribution in [2.24, 2.45) is 0 Å². The van der Waals surface area contributed by atoms with Crippen LogP contribution in [0.4, 0.5) is 0 Å². The maximum atomic E-state index is 12.8. The summed E-state index contributed by atoms with van der Waals surface area (Å²) in [7, 11) is 0. The van der Waals surface area contributed by atoms with Crippen molar-refractivity contribution in [1.82, 2.24) is 0 Å². The molecule has 0 aromatic carbocycles. The van der Waals surface area contributed by atoms with Gasteiger partial charge in [-0.2, -0.15) is 0 Å². The lowest BCUT2D eigenvalue weighted by Gasteiger charge is -2.18. The number of carbonyl (C=O) groups excluding carboxylic acids is 3. The first-order valence-corrected chi connectivity index (χ1v) is 29.0. The lowest BCUT2D eigenvalue weighted by Crippen LogP contribution is -2.30. The summed E-state index contributed by atoms with van der Waals surface area (Å²) in [6, 6.07) is 0. The largest absolute Gasteiger partial charge is 0.462 e. The molecule has 0 aromatic heterocycles. The molecule has 0 amide bonds. The zero-order chi connectivity index (χ0) is 46.5. The van der Waals surface area contributed by atoms with Crippen molar-refractivity contribution in [2.45, 2.75) is 341 Å². The smallest absolute Gasteiger partial charge is 0.306 e. The van der Waals surface area contributed by atoms with Crippen LogP contribution in [0.15, 0.2) is 0 Å². The highest BCUT2D eigenvalue weighted by molar-refractivity contribution is 5.71. The SMILES string of the molecule is CCCCCCCCCCCCCCCCCCCCCC(=O)O[C@H](COC(=O)CCCCCCCCCCCC)COC(=O)CCCCCCCCCCCCCCCCCCC. The van der Waals surface area contributed by atoms with Gasteiger partial charge in [0, 0.05) is 19.3 Å². The van der Waals surface area contributed by atoms with Gasteiger partial charge in [-0.3, -0.25) is 14.4 Å². The molecule has 0 N–H and O–H groups in total. The number of esters is 3. The number of ether oxygens (including phenoxy) is 3. The Labute approximate surface area is 399 Å². The van der Waals surface area contributed by atoms with Gasteiger partial charge in [0.25, 0.3) is 0 Å². The van der Waals surface area contributed by atoms with E-state index in [2.05, 4.69) is 20.8 Å². The normalized spacial score (nSPS) is 11.9. The maximum Gasteiger partial charge on any atom is 0.306 e. The summed E-state index contributed by atoms with van der Waals surface area (Å²) >= 11 is 0. The van der Waals surface area contributed by atoms with Crippen LogP contribution < -0.4 is 0 Å². The van der Waals surface area contributed by atoms with Gasteiger partial charge in [0.2, 0.25) is 0 Å². The summed E-state index contributed by atoms with van der Waals surface area (Å²) in [5, 5.41) is 0. The molecular formula is C58H112O6. The minimum absolute atomic E-state index is 0.0612. The van der Waals surface area contributed by atoms with Gasteiger partial charge >= 0.3 is 17.9 Å². The molecule has 0 saturated carbocycles. The van der Waals surface area contributed by atoms with E-state index in [1.54, 1.807) is 0 Å². The molecule has 6 heteroatoms. The first-order chi connectivity index (χ1) is 31.5. The highest BCUT2D eigenvalue weighted by Crippen LogP contribution is 2.18. The molecule has 0 radical (unpaired) electrons. The van der Waals surface area contributed by atoms with E-state index in [9.17, 15) is 14.4 Å². The molecule has 0 rings (SSSR count). The van der Waals surface area contributed by atoms with E-state index in [-0.39, 0.29) is 31.1 Å². The van der Waals surface area contributed by atoms with Gasteiger partial charge in [-0.05, 0) is 19.3 Å². The summed E-state index contributed by atoms with van der Waals surface area (Å²) in [6.07, 6.45) is 59.6. The van der Waals surface area contributed by atoms with Crippen molar-refractivity contribution in [3.05, 3.63) is 0 Å². The predicted octanol–water partition coefficient (Wildman–Crippen LogP) is 19.2. The molecule has 64 heavy (non-hydrogen) atoms. The third-order valence-corrected chi connectivity index (χ3v) is 13.4. The van der Waals surface area contributed by atoms with Gasteiger partial charge in [0.15, 0.2) is 6.10 Å². The lowest BCUT2D eigenvalue weighted by atomic mass is 10.0. The number of hydrogen-bond donors (Lipinski definition) is 0. The van der Waals surface area contributed by atoms with Crippen LogP contribution in [0.3, 0.4) is 0 Å². The van der Waals surface area contributed by atoms with Crippen LogP contribution in [-0.2, 0) is 28.6 Å². The zero-order valence-corrected chi connectivity index (χ0v) is 43.6. The van der Waals surface area contributed by atoms with Crippen molar-refractivity contribution >= 4 is 17.9 Å². The van der Waals surface area contributed by atoms with E-state index in [4.69, 9.17) is 14.2 Å². The molecule has 0 bridgehead atoms. The van der Waals surface area contributed by atoms with Crippen LogP contribution in [0, 0.1) is 0 Å². The van der Waals surface area contributed by atoms with Crippen molar-refractivity contribution in [2.75, 3.05) is 13.2 Å². The Morgan fingerprint density at radius 3 is 0.625 bits per heavy atom. The minimum atomic E-state index is -0.760. The van der Waals surface area contributed by atoms with Crippen molar-refractivity contribution in [3.63, 3.8) is 0 Å². The molecule has 0 aliphatic carbocycles. The summed E-state index contributed by atoms with van der Waals surface area (Å²) in [4.78, 5) is 38.1. The van der Waals surface area contributed by atoms with Crippen molar-refractivity contribution in [1.29, 1.82) is 0 Å². The average Bonchev–Trinajstić information content (AvgIpc) is 3.29.